The van der Waals surface area contributed by atoms with Crippen LogP contribution in [0.1, 0.15) is 17.5 Å². The lowest BCUT2D eigenvalue weighted by atomic mass is 9.96. The van der Waals surface area contributed by atoms with Crippen LogP contribution in [-0.2, 0) is 16.8 Å². The van der Waals surface area contributed by atoms with Gasteiger partial charge in [0.25, 0.3) is 0 Å². The van der Waals surface area contributed by atoms with Gasteiger partial charge in [0, 0.05) is 5.56 Å². The van der Waals surface area contributed by atoms with E-state index in [0.717, 1.165) is 0 Å². The topological polar surface area (TPSA) is 57.5 Å². The molecule has 74 valence electrons. The lowest BCUT2D eigenvalue weighted by Gasteiger charge is -2.17. The average molecular weight is 196 g/mol. The van der Waals surface area contributed by atoms with Crippen molar-refractivity contribution in [1.29, 1.82) is 0 Å². The molecular weight excluding hydrogens is 187 g/mol. The van der Waals surface area contributed by atoms with Crippen LogP contribution in [0.3, 0.4) is 0 Å². The van der Waals surface area contributed by atoms with E-state index in [1.165, 1.54) is 18.2 Å². The minimum Gasteiger partial charge on any atom is -0.479 e. The van der Waals surface area contributed by atoms with E-state index >= 15 is 0 Å². The maximum atomic E-state index is 13.2. The summed E-state index contributed by atoms with van der Waals surface area (Å²) in [6, 6.07) is 4.14. The van der Waals surface area contributed by atoms with E-state index in [1.54, 1.807) is 0 Å². The Balaban J connectivity index is 2.60. The zero-order chi connectivity index (χ0) is 10.3. The number of carbonyl (C=O) groups is 1. The van der Waals surface area contributed by atoms with Crippen molar-refractivity contribution < 1.29 is 19.4 Å². The number of hydrogen-bond donors (Lipinski definition) is 2. The molecule has 2 rings (SSSR count). The Morgan fingerprint density at radius 2 is 2.21 bits per heavy atom. The molecule has 1 aliphatic carbocycles. The van der Waals surface area contributed by atoms with E-state index in [1.807, 2.05) is 0 Å². The maximum absolute atomic E-state index is 13.2. The molecule has 2 N–H and O–H groups in total. The van der Waals surface area contributed by atoms with E-state index < -0.39 is 17.4 Å². The Kier molecular flexibility index (Phi) is 1.82. The number of carboxylic acids is 1. The highest BCUT2D eigenvalue weighted by atomic mass is 19.1. The number of benzene rings is 1. The van der Waals surface area contributed by atoms with Gasteiger partial charge in [0.2, 0.25) is 0 Å². The van der Waals surface area contributed by atoms with Gasteiger partial charge in [-0.3, -0.25) is 0 Å². The van der Waals surface area contributed by atoms with E-state index in [0.29, 0.717) is 5.56 Å². The van der Waals surface area contributed by atoms with Crippen LogP contribution in [0.25, 0.3) is 0 Å². The van der Waals surface area contributed by atoms with E-state index in [9.17, 15) is 14.3 Å². The summed E-state index contributed by atoms with van der Waals surface area (Å²) in [6.45, 7) is 0. The van der Waals surface area contributed by atoms with Gasteiger partial charge in [0.1, 0.15) is 5.82 Å². The third kappa shape index (κ3) is 1.04. The Morgan fingerprint density at radius 1 is 1.50 bits per heavy atom. The molecule has 14 heavy (non-hydrogen) atoms. The van der Waals surface area contributed by atoms with Gasteiger partial charge in [-0.15, -0.1) is 0 Å². The molecule has 1 aromatic rings. The SMILES string of the molecule is O=C(O)C1(O)CCc2c(F)cccc21. The first-order valence-corrected chi connectivity index (χ1v) is 4.29. The minimum atomic E-state index is -1.91. The number of hydrogen-bond acceptors (Lipinski definition) is 2. The van der Waals surface area contributed by atoms with Crippen molar-refractivity contribution in [3.63, 3.8) is 0 Å². The predicted molar refractivity (Wildman–Crippen MR) is 46.3 cm³/mol. The quantitative estimate of drug-likeness (QED) is 0.705. The Morgan fingerprint density at radius 3 is 2.86 bits per heavy atom. The number of fused-ring (bicyclic) bond motifs is 1. The molecule has 3 nitrogen and oxygen atoms in total. The maximum Gasteiger partial charge on any atom is 0.340 e. The number of halogens is 1. The standard InChI is InChI=1S/C10H9FO3/c11-8-3-1-2-7-6(8)4-5-10(7,14)9(12)13/h1-3,14H,4-5H2,(H,12,13). The van der Waals surface area contributed by atoms with Gasteiger partial charge in [0.05, 0.1) is 0 Å². The summed E-state index contributed by atoms with van der Waals surface area (Å²) in [5.74, 6) is -1.76. The number of carboxylic acid groups (broad SMARTS) is 1. The molecule has 0 radical (unpaired) electrons. The smallest absolute Gasteiger partial charge is 0.340 e. The summed E-state index contributed by atoms with van der Waals surface area (Å²) in [4.78, 5) is 10.8. The molecule has 0 spiro atoms. The van der Waals surface area contributed by atoms with Crippen LogP contribution in [0.2, 0.25) is 0 Å². The zero-order valence-electron chi connectivity index (χ0n) is 7.33. The minimum absolute atomic E-state index is 0.0403. The molecule has 0 aromatic heterocycles. The third-order valence-electron chi connectivity index (χ3n) is 2.66. The second-order valence-corrected chi connectivity index (χ2v) is 3.43. The van der Waals surface area contributed by atoms with Crippen molar-refractivity contribution >= 4 is 5.97 Å². The van der Waals surface area contributed by atoms with Crippen LogP contribution in [0.5, 0.6) is 0 Å². The van der Waals surface area contributed by atoms with Gasteiger partial charge < -0.3 is 10.2 Å². The summed E-state index contributed by atoms with van der Waals surface area (Å²) >= 11 is 0. The van der Waals surface area contributed by atoms with Crippen LogP contribution in [0.4, 0.5) is 4.39 Å². The first-order valence-electron chi connectivity index (χ1n) is 4.29. The molecule has 4 heteroatoms. The van der Waals surface area contributed by atoms with E-state index in [2.05, 4.69) is 0 Å². The lowest BCUT2D eigenvalue weighted by Crippen LogP contribution is -2.32. The van der Waals surface area contributed by atoms with Gasteiger partial charge >= 0.3 is 5.97 Å². The molecule has 1 unspecified atom stereocenters. The first kappa shape index (κ1) is 9.15. The van der Waals surface area contributed by atoms with Gasteiger partial charge in [-0.2, -0.15) is 0 Å². The molecule has 0 bridgehead atoms. The number of aliphatic carboxylic acids is 1. The Labute approximate surface area is 79.8 Å². The van der Waals surface area contributed by atoms with Gasteiger partial charge in [-0.25, -0.2) is 9.18 Å². The second kappa shape index (κ2) is 2.78. The number of rotatable bonds is 1. The van der Waals surface area contributed by atoms with Crippen molar-refractivity contribution in [1.82, 2.24) is 0 Å². The summed E-state index contributed by atoms with van der Waals surface area (Å²) in [7, 11) is 0. The molecule has 1 aromatic carbocycles. The van der Waals surface area contributed by atoms with Crippen LogP contribution in [-0.4, -0.2) is 16.2 Å². The molecule has 1 aliphatic rings. The van der Waals surface area contributed by atoms with Crippen LogP contribution in [0, 0.1) is 5.82 Å². The summed E-state index contributed by atoms with van der Waals surface area (Å²) in [5, 5.41) is 18.6. The van der Waals surface area contributed by atoms with Gasteiger partial charge in [0.15, 0.2) is 5.60 Å². The van der Waals surface area contributed by atoms with Crippen LogP contribution >= 0.6 is 0 Å². The van der Waals surface area contributed by atoms with Crippen molar-refractivity contribution in [2.24, 2.45) is 0 Å². The second-order valence-electron chi connectivity index (χ2n) is 3.43. The predicted octanol–water partition coefficient (Wildman–Crippen LogP) is 1.04. The molecule has 0 amide bonds. The van der Waals surface area contributed by atoms with Crippen molar-refractivity contribution in [3.8, 4) is 0 Å². The monoisotopic (exact) mass is 196 g/mol. The molecule has 0 saturated carbocycles. The average Bonchev–Trinajstić information content (AvgIpc) is 2.47. The highest BCUT2D eigenvalue weighted by Gasteiger charge is 2.44. The molecule has 0 fully saturated rings. The third-order valence-corrected chi connectivity index (χ3v) is 2.66. The Hall–Kier alpha value is -1.42. The van der Waals surface area contributed by atoms with Crippen molar-refractivity contribution in [2.45, 2.75) is 18.4 Å². The van der Waals surface area contributed by atoms with E-state index in [4.69, 9.17) is 5.11 Å². The lowest BCUT2D eigenvalue weighted by molar-refractivity contribution is -0.159. The highest BCUT2D eigenvalue weighted by molar-refractivity contribution is 5.80. The van der Waals surface area contributed by atoms with Crippen molar-refractivity contribution in [2.75, 3.05) is 0 Å². The summed E-state index contributed by atoms with van der Waals surface area (Å²) < 4.78 is 13.2. The largest absolute Gasteiger partial charge is 0.479 e. The zero-order valence-corrected chi connectivity index (χ0v) is 7.33. The first-order chi connectivity index (χ1) is 6.55. The molecule has 0 heterocycles. The molecule has 1 atom stereocenters. The fourth-order valence-corrected chi connectivity index (χ4v) is 1.86. The van der Waals surface area contributed by atoms with Crippen LogP contribution in [0.15, 0.2) is 18.2 Å². The summed E-state index contributed by atoms with van der Waals surface area (Å²) in [5.41, 5.74) is -1.40. The molecule has 0 saturated heterocycles. The normalized spacial score (nSPS) is 24.7. The highest BCUT2D eigenvalue weighted by Crippen LogP contribution is 2.38. The van der Waals surface area contributed by atoms with Crippen molar-refractivity contribution in [3.05, 3.63) is 35.1 Å². The number of aliphatic hydroxyl groups is 1. The Bertz CT molecular complexity index is 402. The summed E-state index contributed by atoms with van der Waals surface area (Å²) in [6.07, 6.45) is 0.309. The van der Waals surface area contributed by atoms with Gasteiger partial charge in [-0.1, -0.05) is 12.1 Å². The molecular formula is C10H9FO3. The molecule has 0 aliphatic heterocycles. The van der Waals surface area contributed by atoms with E-state index in [-0.39, 0.29) is 18.4 Å². The van der Waals surface area contributed by atoms with Crippen LogP contribution < -0.4 is 0 Å². The fraction of sp³-hybridized carbons (Fsp3) is 0.300. The van der Waals surface area contributed by atoms with Gasteiger partial charge in [-0.05, 0) is 24.5 Å². The fourth-order valence-electron chi connectivity index (χ4n) is 1.86.